The Bertz CT molecular complexity index is 795. The molecule has 0 saturated heterocycles. The molecule has 0 amide bonds. The standard InChI is InChI=1S/C18H23N5.2C2H6/c1-4-5-15-12(2)23-18(20)16(19)17(15)22-11-14-8-6-13(7-9-14)10-21-3;2*1-2/h4-9,21-22H,1-2,10-11,19H2,3H3,(H2,20,23);2*1-2H3/b15-5+;;. The predicted octanol–water partition coefficient (Wildman–Crippen LogP) is 3.01. The van der Waals surface area contributed by atoms with E-state index in [1.807, 2.05) is 40.8 Å². The van der Waals surface area contributed by atoms with E-state index in [1.165, 1.54) is 5.56 Å². The van der Waals surface area contributed by atoms with Crippen molar-refractivity contribution >= 4 is 29.8 Å². The number of hydrogen-bond donors (Lipinski definition) is 4. The Hall–Kier alpha value is -2.79. The quantitative estimate of drug-likeness (QED) is 0.628. The second kappa shape index (κ2) is 13.4. The van der Waals surface area contributed by atoms with Crippen LogP contribution in [0, 0.1) is 0 Å². The highest BCUT2D eigenvalue weighted by atomic mass is 14.9. The molecular weight excluding hydrogens is 334 g/mol. The van der Waals surface area contributed by atoms with Crippen molar-refractivity contribution in [3.63, 3.8) is 0 Å². The molecule has 6 N–H and O–H groups in total. The predicted molar refractivity (Wildman–Crippen MR) is 122 cm³/mol. The van der Waals surface area contributed by atoms with E-state index >= 15 is 0 Å². The second-order valence-corrected chi connectivity index (χ2v) is 5.25. The highest BCUT2D eigenvalue weighted by molar-refractivity contribution is 5.77. The number of benzene rings is 1. The number of nitrogens with one attached hydrogen (secondary N) is 2. The van der Waals surface area contributed by atoms with E-state index in [9.17, 15) is 0 Å². The molecule has 148 valence electrons. The van der Waals surface area contributed by atoms with Gasteiger partial charge < -0.3 is 22.1 Å². The molecule has 2 rings (SSSR count). The van der Waals surface area contributed by atoms with E-state index in [0.717, 1.165) is 23.0 Å². The second-order valence-electron chi connectivity index (χ2n) is 5.25. The van der Waals surface area contributed by atoms with Crippen LogP contribution < -0.4 is 32.7 Å². The van der Waals surface area contributed by atoms with Crippen LogP contribution in [-0.4, -0.2) is 12.0 Å². The fourth-order valence-corrected chi connectivity index (χ4v) is 2.34. The molecule has 27 heavy (non-hydrogen) atoms. The van der Waals surface area contributed by atoms with Crippen molar-refractivity contribution in [1.29, 1.82) is 0 Å². The number of nitrogen functional groups attached to an aromatic ring is 2. The summed E-state index contributed by atoms with van der Waals surface area (Å²) in [6, 6.07) is 8.37. The minimum Gasteiger partial charge on any atom is -0.394 e. The van der Waals surface area contributed by atoms with Gasteiger partial charge in [0.15, 0.2) is 0 Å². The zero-order valence-electron chi connectivity index (χ0n) is 17.4. The third kappa shape index (κ3) is 7.15. The normalized spacial score (nSPS) is 10.2. The third-order valence-corrected chi connectivity index (χ3v) is 3.54. The zero-order chi connectivity index (χ0) is 20.8. The minimum atomic E-state index is 0.281. The first kappa shape index (κ1) is 24.2. The Balaban J connectivity index is 0.00000158. The maximum Gasteiger partial charge on any atom is 0.149 e. The molecule has 0 aliphatic carbocycles. The van der Waals surface area contributed by atoms with E-state index in [0.29, 0.717) is 17.6 Å². The van der Waals surface area contributed by atoms with Crippen molar-refractivity contribution in [1.82, 2.24) is 10.3 Å². The van der Waals surface area contributed by atoms with Crippen LogP contribution in [0.1, 0.15) is 38.8 Å². The number of allylic oxidation sites excluding steroid dienone is 1. The maximum atomic E-state index is 6.07. The average molecular weight is 370 g/mol. The highest BCUT2D eigenvalue weighted by Crippen LogP contribution is 2.18. The monoisotopic (exact) mass is 369 g/mol. The maximum absolute atomic E-state index is 6.07. The number of nitrogens with two attached hydrogens (primary N) is 2. The molecule has 1 aromatic heterocycles. The van der Waals surface area contributed by atoms with Crippen molar-refractivity contribution in [3.05, 3.63) is 58.6 Å². The molecule has 2 aromatic rings. The molecule has 0 saturated carbocycles. The van der Waals surface area contributed by atoms with Crippen molar-refractivity contribution < 1.29 is 0 Å². The van der Waals surface area contributed by atoms with Gasteiger partial charge in [0.25, 0.3) is 0 Å². The number of pyridine rings is 1. The SMILES string of the molecule is C=C/C=c1/c(NCc2ccc(CNC)cc2)c(N)c(N)nc1=C.CC.CC. The summed E-state index contributed by atoms with van der Waals surface area (Å²) < 4.78 is 0. The summed E-state index contributed by atoms with van der Waals surface area (Å²) in [5.41, 5.74) is 15.5. The van der Waals surface area contributed by atoms with Crippen molar-refractivity contribution in [2.75, 3.05) is 23.8 Å². The highest BCUT2D eigenvalue weighted by Gasteiger charge is 2.07. The van der Waals surface area contributed by atoms with Gasteiger partial charge in [0.2, 0.25) is 0 Å². The summed E-state index contributed by atoms with van der Waals surface area (Å²) in [7, 11) is 1.93. The molecule has 1 heterocycles. The Morgan fingerprint density at radius 1 is 1.00 bits per heavy atom. The van der Waals surface area contributed by atoms with Gasteiger partial charge in [-0.1, -0.05) is 77.3 Å². The van der Waals surface area contributed by atoms with E-state index in [-0.39, 0.29) is 5.82 Å². The van der Waals surface area contributed by atoms with Crippen LogP contribution in [0.25, 0.3) is 12.7 Å². The molecule has 0 bridgehead atoms. The Morgan fingerprint density at radius 3 is 2.00 bits per heavy atom. The number of aromatic nitrogens is 1. The lowest BCUT2D eigenvalue weighted by atomic mass is 10.1. The van der Waals surface area contributed by atoms with Gasteiger partial charge in [-0.15, -0.1) is 0 Å². The fourth-order valence-electron chi connectivity index (χ4n) is 2.34. The first-order valence-electron chi connectivity index (χ1n) is 9.39. The van der Waals surface area contributed by atoms with E-state index in [4.69, 9.17) is 11.5 Å². The van der Waals surface area contributed by atoms with Crippen molar-refractivity contribution in [3.8, 4) is 0 Å². The Kier molecular flexibility index (Phi) is 12.0. The molecule has 0 fully saturated rings. The van der Waals surface area contributed by atoms with E-state index in [2.05, 4.69) is 53.0 Å². The Morgan fingerprint density at radius 2 is 1.52 bits per heavy atom. The fraction of sp³-hybridized carbons (Fsp3) is 0.318. The molecule has 0 radical (unpaired) electrons. The van der Waals surface area contributed by atoms with Crippen LogP contribution in [-0.2, 0) is 13.1 Å². The summed E-state index contributed by atoms with van der Waals surface area (Å²) in [5, 5.41) is 7.84. The molecule has 0 unspecified atom stereocenters. The minimum absolute atomic E-state index is 0.281. The molecule has 5 nitrogen and oxygen atoms in total. The molecule has 5 heteroatoms. The molecule has 0 atom stereocenters. The summed E-state index contributed by atoms with van der Waals surface area (Å²) in [4.78, 5) is 4.16. The third-order valence-electron chi connectivity index (χ3n) is 3.54. The van der Waals surface area contributed by atoms with Gasteiger partial charge in [-0.3, -0.25) is 0 Å². The Labute approximate surface area is 163 Å². The van der Waals surface area contributed by atoms with Crippen molar-refractivity contribution in [2.45, 2.75) is 40.8 Å². The van der Waals surface area contributed by atoms with E-state index < -0.39 is 0 Å². The van der Waals surface area contributed by atoms with Crippen LogP contribution in [0.5, 0.6) is 0 Å². The largest absolute Gasteiger partial charge is 0.394 e. The molecular formula is C22H35N5. The number of rotatable bonds is 6. The zero-order valence-corrected chi connectivity index (χ0v) is 17.4. The summed E-state index contributed by atoms with van der Waals surface area (Å²) in [6.45, 7) is 17.1. The number of nitrogens with zero attached hydrogens (tertiary/aromatic N) is 1. The lowest BCUT2D eigenvalue weighted by Gasteiger charge is -2.12. The summed E-state index contributed by atoms with van der Waals surface area (Å²) in [5.74, 6) is 0.281. The summed E-state index contributed by atoms with van der Waals surface area (Å²) >= 11 is 0. The average Bonchev–Trinajstić information content (AvgIpc) is 2.70. The van der Waals surface area contributed by atoms with Crippen LogP contribution in [0.2, 0.25) is 0 Å². The molecule has 0 aliphatic heterocycles. The first-order valence-corrected chi connectivity index (χ1v) is 9.39. The topological polar surface area (TPSA) is 89.0 Å². The van der Waals surface area contributed by atoms with Gasteiger partial charge in [-0.25, -0.2) is 4.98 Å². The summed E-state index contributed by atoms with van der Waals surface area (Å²) in [6.07, 6.45) is 3.50. The number of hydrogen-bond acceptors (Lipinski definition) is 5. The van der Waals surface area contributed by atoms with Gasteiger partial charge in [-0.05, 0) is 18.2 Å². The van der Waals surface area contributed by atoms with Gasteiger partial charge in [0.05, 0.1) is 16.7 Å². The van der Waals surface area contributed by atoms with Crippen LogP contribution in [0.3, 0.4) is 0 Å². The molecule has 0 spiro atoms. The van der Waals surface area contributed by atoms with Gasteiger partial charge >= 0.3 is 0 Å². The smallest absolute Gasteiger partial charge is 0.149 e. The lowest BCUT2D eigenvalue weighted by Crippen LogP contribution is -2.32. The van der Waals surface area contributed by atoms with Crippen molar-refractivity contribution in [2.24, 2.45) is 0 Å². The lowest BCUT2D eigenvalue weighted by molar-refractivity contribution is 0.817. The van der Waals surface area contributed by atoms with Crippen LogP contribution >= 0.6 is 0 Å². The van der Waals surface area contributed by atoms with E-state index in [1.54, 1.807) is 6.08 Å². The molecule has 0 aliphatic rings. The first-order chi connectivity index (χ1) is 13.1. The number of anilines is 3. The van der Waals surface area contributed by atoms with Gasteiger partial charge in [-0.2, -0.15) is 0 Å². The van der Waals surface area contributed by atoms with Crippen LogP contribution in [0.4, 0.5) is 17.2 Å². The van der Waals surface area contributed by atoms with Gasteiger partial charge in [0.1, 0.15) is 5.82 Å². The van der Waals surface area contributed by atoms with Crippen LogP contribution in [0.15, 0.2) is 36.9 Å². The molecule has 1 aromatic carbocycles. The van der Waals surface area contributed by atoms with Gasteiger partial charge in [0, 0.05) is 18.3 Å².